The van der Waals surface area contributed by atoms with Crippen LogP contribution in [0.25, 0.3) is 0 Å². The molecular formula is C6H4IN3. The van der Waals surface area contributed by atoms with Crippen LogP contribution in [0.3, 0.4) is 0 Å². The number of nitriles is 1. The Morgan fingerprint density at radius 1 is 1.60 bits per heavy atom. The first-order valence-electron chi connectivity index (χ1n) is 2.55. The fourth-order valence-corrected chi connectivity index (χ4v) is 0.985. The molecule has 3 nitrogen and oxygen atoms in total. The van der Waals surface area contributed by atoms with Gasteiger partial charge in [-0.25, -0.2) is 0 Å². The zero-order chi connectivity index (χ0) is 7.56. The number of hydrogen-bond donors (Lipinski definition) is 1. The van der Waals surface area contributed by atoms with E-state index in [2.05, 4.69) is 4.98 Å². The highest BCUT2D eigenvalue weighted by Gasteiger charge is 2.00. The summed E-state index contributed by atoms with van der Waals surface area (Å²) in [6.45, 7) is 0. The number of hydrogen-bond acceptors (Lipinski definition) is 3. The van der Waals surface area contributed by atoms with E-state index in [1.165, 1.54) is 6.20 Å². The summed E-state index contributed by atoms with van der Waals surface area (Å²) in [7, 11) is 0. The second-order valence-corrected chi connectivity index (χ2v) is 2.86. The van der Waals surface area contributed by atoms with E-state index in [1.54, 1.807) is 6.20 Å². The van der Waals surface area contributed by atoms with Gasteiger partial charge in [0.15, 0.2) is 0 Å². The van der Waals surface area contributed by atoms with E-state index in [4.69, 9.17) is 11.0 Å². The van der Waals surface area contributed by atoms with Crippen molar-refractivity contribution < 1.29 is 0 Å². The van der Waals surface area contributed by atoms with Crippen LogP contribution < -0.4 is 5.73 Å². The quantitative estimate of drug-likeness (QED) is 0.697. The van der Waals surface area contributed by atoms with E-state index < -0.39 is 0 Å². The number of halogens is 1. The van der Waals surface area contributed by atoms with Crippen LogP contribution >= 0.6 is 22.6 Å². The van der Waals surface area contributed by atoms with Gasteiger partial charge in [0, 0.05) is 12.4 Å². The van der Waals surface area contributed by atoms with Crippen molar-refractivity contribution in [3.63, 3.8) is 0 Å². The van der Waals surface area contributed by atoms with Crippen LogP contribution in [0, 0.1) is 14.9 Å². The summed E-state index contributed by atoms with van der Waals surface area (Å²) in [6.07, 6.45) is 3.08. The first-order valence-corrected chi connectivity index (χ1v) is 3.62. The Kier molecular flexibility index (Phi) is 2.06. The summed E-state index contributed by atoms with van der Waals surface area (Å²) in [5.41, 5.74) is 6.47. The van der Waals surface area contributed by atoms with E-state index >= 15 is 0 Å². The van der Waals surface area contributed by atoms with Crippen molar-refractivity contribution >= 4 is 28.3 Å². The zero-order valence-corrected chi connectivity index (χ0v) is 7.16. The average Bonchev–Trinajstić information content (AvgIpc) is 1.95. The minimum absolute atomic E-state index is 0.437. The molecule has 0 aromatic carbocycles. The summed E-state index contributed by atoms with van der Waals surface area (Å²) in [6, 6.07) is 1.94. The van der Waals surface area contributed by atoms with Gasteiger partial charge in [0.1, 0.15) is 6.07 Å². The van der Waals surface area contributed by atoms with Gasteiger partial charge < -0.3 is 5.73 Å². The van der Waals surface area contributed by atoms with Gasteiger partial charge in [-0.1, -0.05) is 0 Å². The molecule has 50 valence electrons. The minimum atomic E-state index is 0.437. The van der Waals surface area contributed by atoms with Crippen molar-refractivity contribution in [2.45, 2.75) is 0 Å². The molecule has 1 aromatic rings. The largest absolute Gasteiger partial charge is 0.397 e. The smallest absolute Gasteiger partial charge is 0.103 e. The van der Waals surface area contributed by atoms with Gasteiger partial charge in [-0.2, -0.15) is 5.26 Å². The van der Waals surface area contributed by atoms with Gasteiger partial charge >= 0.3 is 0 Å². The van der Waals surface area contributed by atoms with Crippen LogP contribution in [-0.4, -0.2) is 4.98 Å². The summed E-state index contributed by atoms with van der Waals surface area (Å²) in [4.78, 5) is 3.81. The Morgan fingerprint density at radius 2 is 2.30 bits per heavy atom. The lowest BCUT2D eigenvalue weighted by Gasteiger charge is -1.96. The molecule has 0 atom stereocenters. The third-order valence-corrected chi connectivity index (χ3v) is 1.92. The summed E-state index contributed by atoms with van der Waals surface area (Å²) >= 11 is 2.03. The molecule has 0 saturated heterocycles. The Hall–Kier alpha value is -0.830. The highest BCUT2D eigenvalue weighted by atomic mass is 127. The van der Waals surface area contributed by atoms with Gasteiger partial charge in [0.25, 0.3) is 0 Å². The minimum Gasteiger partial charge on any atom is -0.397 e. The number of nitrogens with two attached hydrogens (primary N) is 1. The van der Waals surface area contributed by atoms with Gasteiger partial charge in [0.2, 0.25) is 0 Å². The van der Waals surface area contributed by atoms with Crippen LogP contribution in [0.1, 0.15) is 5.56 Å². The summed E-state index contributed by atoms with van der Waals surface area (Å²) < 4.78 is 0.816. The van der Waals surface area contributed by atoms with Crippen molar-refractivity contribution in [3.8, 4) is 6.07 Å². The van der Waals surface area contributed by atoms with Crippen LogP contribution in [0.5, 0.6) is 0 Å². The molecule has 10 heavy (non-hydrogen) atoms. The molecule has 2 N–H and O–H groups in total. The highest BCUT2D eigenvalue weighted by Crippen LogP contribution is 2.15. The van der Waals surface area contributed by atoms with Crippen LogP contribution in [0.4, 0.5) is 5.69 Å². The third-order valence-electron chi connectivity index (χ3n) is 1.06. The van der Waals surface area contributed by atoms with E-state index in [9.17, 15) is 0 Å². The SMILES string of the molecule is N#Cc1cncc(I)c1N. The topological polar surface area (TPSA) is 62.7 Å². The maximum absolute atomic E-state index is 8.47. The van der Waals surface area contributed by atoms with Crippen molar-refractivity contribution in [3.05, 3.63) is 21.5 Å². The second kappa shape index (κ2) is 2.84. The Labute approximate surface area is 72.0 Å². The molecule has 0 unspecified atom stereocenters. The van der Waals surface area contributed by atoms with E-state index in [1.807, 2.05) is 28.7 Å². The normalized spacial score (nSPS) is 8.80. The Bertz CT molecular complexity index is 290. The van der Waals surface area contributed by atoms with Crippen molar-refractivity contribution in [2.75, 3.05) is 5.73 Å². The Morgan fingerprint density at radius 3 is 2.80 bits per heavy atom. The molecule has 0 amide bonds. The van der Waals surface area contributed by atoms with Crippen LogP contribution in [0.15, 0.2) is 12.4 Å². The first kappa shape index (κ1) is 7.28. The first-order chi connectivity index (χ1) is 4.75. The molecule has 0 fully saturated rings. The summed E-state index contributed by atoms with van der Waals surface area (Å²) in [5.74, 6) is 0. The molecule has 4 heteroatoms. The molecule has 0 bridgehead atoms. The van der Waals surface area contributed by atoms with Crippen molar-refractivity contribution in [1.82, 2.24) is 4.98 Å². The fraction of sp³-hybridized carbons (Fsp3) is 0. The van der Waals surface area contributed by atoms with Gasteiger partial charge in [-0.05, 0) is 22.6 Å². The molecular weight excluding hydrogens is 241 g/mol. The highest BCUT2D eigenvalue weighted by molar-refractivity contribution is 14.1. The number of aromatic nitrogens is 1. The molecule has 0 aliphatic rings. The molecule has 0 aliphatic carbocycles. The van der Waals surface area contributed by atoms with E-state index in [0.717, 1.165) is 3.57 Å². The molecule has 0 saturated carbocycles. The number of nitrogen functional groups attached to an aromatic ring is 1. The monoisotopic (exact) mass is 245 g/mol. The van der Waals surface area contributed by atoms with Crippen LogP contribution in [-0.2, 0) is 0 Å². The van der Waals surface area contributed by atoms with Crippen molar-refractivity contribution in [2.24, 2.45) is 0 Å². The predicted octanol–water partition coefficient (Wildman–Crippen LogP) is 1.14. The number of nitrogens with zero attached hydrogens (tertiary/aromatic N) is 2. The maximum Gasteiger partial charge on any atom is 0.103 e. The number of anilines is 1. The second-order valence-electron chi connectivity index (χ2n) is 1.69. The molecule has 0 radical (unpaired) electrons. The Balaban J connectivity index is 3.31. The molecule has 1 rings (SSSR count). The number of pyridine rings is 1. The van der Waals surface area contributed by atoms with Crippen LogP contribution in [0.2, 0.25) is 0 Å². The lowest BCUT2D eigenvalue weighted by atomic mass is 10.3. The van der Waals surface area contributed by atoms with Gasteiger partial charge in [-0.15, -0.1) is 0 Å². The molecule has 1 heterocycles. The fourth-order valence-electron chi connectivity index (χ4n) is 0.534. The molecule has 1 aromatic heterocycles. The lowest BCUT2D eigenvalue weighted by Crippen LogP contribution is -1.94. The number of rotatable bonds is 0. The molecule has 0 aliphatic heterocycles. The van der Waals surface area contributed by atoms with E-state index in [-0.39, 0.29) is 0 Å². The lowest BCUT2D eigenvalue weighted by molar-refractivity contribution is 1.29. The summed E-state index contributed by atoms with van der Waals surface area (Å²) in [5, 5.41) is 8.47. The molecule has 0 spiro atoms. The standard InChI is InChI=1S/C6H4IN3/c7-5-3-10-2-4(1-8)6(5)9/h2-3H,(H2,9,10). The van der Waals surface area contributed by atoms with Crippen molar-refractivity contribution in [1.29, 1.82) is 5.26 Å². The van der Waals surface area contributed by atoms with Gasteiger partial charge in [-0.3, -0.25) is 4.98 Å². The maximum atomic E-state index is 8.47. The van der Waals surface area contributed by atoms with Gasteiger partial charge in [0.05, 0.1) is 14.8 Å². The van der Waals surface area contributed by atoms with E-state index in [0.29, 0.717) is 11.3 Å². The average molecular weight is 245 g/mol. The zero-order valence-electron chi connectivity index (χ0n) is 5.00. The predicted molar refractivity (Wildman–Crippen MR) is 46.1 cm³/mol. The third kappa shape index (κ3) is 1.19.